The first kappa shape index (κ1) is 15.2. The highest BCUT2D eigenvalue weighted by Gasteiger charge is 2.16. The van der Waals surface area contributed by atoms with Crippen molar-refractivity contribution in [2.75, 3.05) is 6.54 Å². The summed E-state index contributed by atoms with van der Waals surface area (Å²) >= 11 is 11.9. The maximum atomic E-state index is 10.1. The van der Waals surface area contributed by atoms with E-state index in [1.807, 2.05) is 16.8 Å². The molecule has 0 bridgehead atoms. The van der Waals surface area contributed by atoms with Crippen LogP contribution in [-0.2, 0) is 6.54 Å². The molecular formula is C14H17Cl2N3O. The number of phenolic OH excluding ortho intramolecular Hbond substituents is 1. The minimum atomic E-state index is 0.0355. The number of aromatic hydroxyl groups is 1. The minimum absolute atomic E-state index is 0.0355. The van der Waals surface area contributed by atoms with Crippen LogP contribution in [-0.4, -0.2) is 21.2 Å². The van der Waals surface area contributed by atoms with Crippen molar-refractivity contribution < 1.29 is 5.11 Å². The molecule has 1 heterocycles. The normalized spacial score (nSPS) is 12.6. The molecule has 0 unspecified atom stereocenters. The van der Waals surface area contributed by atoms with Crippen LogP contribution in [0.2, 0.25) is 10.0 Å². The molecule has 6 heteroatoms. The number of hydrogen-bond acceptors (Lipinski definition) is 3. The van der Waals surface area contributed by atoms with Crippen molar-refractivity contribution >= 4 is 23.2 Å². The molecule has 0 saturated heterocycles. The van der Waals surface area contributed by atoms with E-state index < -0.39 is 0 Å². The maximum absolute atomic E-state index is 10.1. The molecule has 0 saturated carbocycles. The van der Waals surface area contributed by atoms with Crippen molar-refractivity contribution in [2.24, 2.45) is 0 Å². The Morgan fingerprint density at radius 2 is 2.20 bits per heavy atom. The van der Waals surface area contributed by atoms with Crippen LogP contribution in [0, 0.1) is 0 Å². The van der Waals surface area contributed by atoms with Gasteiger partial charge in [0.1, 0.15) is 10.8 Å². The lowest BCUT2D eigenvalue weighted by Gasteiger charge is -2.19. The Morgan fingerprint density at radius 1 is 1.40 bits per heavy atom. The number of rotatable bonds is 6. The molecule has 0 aliphatic heterocycles. The summed E-state index contributed by atoms with van der Waals surface area (Å²) in [5.74, 6) is 0.0566. The van der Waals surface area contributed by atoms with Crippen molar-refractivity contribution in [3.63, 3.8) is 0 Å². The predicted octanol–water partition coefficient (Wildman–Crippen LogP) is 3.64. The number of nitrogens with one attached hydrogen (secondary N) is 1. The Labute approximate surface area is 128 Å². The summed E-state index contributed by atoms with van der Waals surface area (Å²) in [7, 11) is 0. The zero-order valence-electron chi connectivity index (χ0n) is 11.2. The monoisotopic (exact) mass is 313 g/mol. The van der Waals surface area contributed by atoms with Gasteiger partial charge in [-0.25, -0.2) is 4.98 Å². The first-order chi connectivity index (χ1) is 9.63. The SMILES string of the molecule is CC[C@H](NCCn1ccnc1)c1ccc(Cl)c(Cl)c1O. The van der Waals surface area contributed by atoms with Gasteiger partial charge in [-0.05, 0) is 12.5 Å². The second-order valence-corrected chi connectivity index (χ2v) is 5.30. The zero-order valence-corrected chi connectivity index (χ0v) is 12.7. The first-order valence-electron chi connectivity index (χ1n) is 6.49. The first-order valence-corrected chi connectivity index (χ1v) is 7.25. The van der Waals surface area contributed by atoms with Crippen LogP contribution in [0.15, 0.2) is 30.9 Å². The Kier molecular flexibility index (Phi) is 5.29. The van der Waals surface area contributed by atoms with E-state index in [-0.39, 0.29) is 16.8 Å². The second-order valence-electron chi connectivity index (χ2n) is 4.51. The number of halogens is 2. The van der Waals surface area contributed by atoms with Gasteiger partial charge < -0.3 is 15.0 Å². The molecule has 20 heavy (non-hydrogen) atoms. The molecule has 2 rings (SSSR count). The zero-order chi connectivity index (χ0) is 14.5. The van der Waals surface area contributed by atoms with Gasteiger partial charge in [-0.15, -0.1) is 0 Å². The number of phenols is 1. The molecule has 1 aromatic heterocycles. The fourth-order valence-electron chi connectivity index (χ4n) is 2.10. The van der Waals surface area contributed by atoms with Gasteiger partial charge in [-0.3, -0.25) is 0 Å². The van der Waals surface area contributed by atoms with Gasteiger partial charge in [0.15, 0.2) is 0 Å². The Hall–Kier alpha value is -1.23. The molecule has 4 nitrogen and oxygen atoms in total. The third-order valence-electron chi connectivity index (χ3n) is 3.20. The fourth-order valence-corrected chi connectivity index (χ4v) is 2.42. The van der Waals surface area contributed by atoms with Gasteiger partial charge in [0.2, 0.25) is 0 Å². The van der Waals surface area contributed by atoms with Crippen molar-refractivity contribution in [1.29, 1.82) is 0 Å². The van der Waals surface area contributed by atoms with E-state index >= 15 is 0 Å². The summed E-state index contributed by atoms with van der Waals surface area (Å²) in [6, 6.07) is 3.55. The third-order valence-corrected chi connectivity index (χ3v) is 4.00. The topological polar surface area (TPSA) is 50.1 Å². The smallest absolute Gasteiger partial charge is 0.140 e. The largest absolute Gasteiger partial charge is 0.506 e. The van der Waals surface area contributed by atoms with Gasteiger partial charge in [-0.1, -0.05) is 36.2 Å². The van der Waals surface area contributed by atoms with Crippen LogP contribution in [0.1, 0.15) is 24.9 Å². The molecule has 0 aliphatic rings. The van der Waals surface area contributed by atoms with Crippen LogP contribution >= 0.6 is 23.2 Å². The van der Waals surface area contributed by atoms with Gasteiger partial charge in [0.05, 0.1) is 11.3 Å². The minimum Gasteiger partial charge on any atom is -0.506 e. The number of benzene rings is 1. The highest BCUT2D eigenvalue weighted by atomic mass is 35.5. The van der Waals surface area contributed by atoms with Gasteiger partial charge >= 0.3 is 0 Å². The van der Waals surface area contributed by atoms with Crippen LogP contribution in [0.5, 0.6) is 5.75 Å². The van der Waals surface area contributed by atoms with Crippen LogP contribution < -0.4 is 5.32 Å². The van der Waals surface area contributed by atoms with E-state index in [1.54, 1.807) is 18.6 Å². The molecule has 0 aliphatic carbocycles. The lowest BCUT2D eigenvalue weighted by Crippen LogP contribution is -2.24. The summed E-state index contributed by atoms with van der Waals surface area (Å²) in [6.45, 7) is 3.64. The standard InChI is InChI=1S/C14H17Cl2N3O/c1-2-12(18-6-8-19-7-5-17-9-19)10-3-4-11(15)13(16)14(10)20/h3-5,7,9,12,18,20H,2,6,8H2,1H3/t12-/m0/s1. The highest BCUT2D eigenvalue weighted by Crippen LogP contribution is 2.37. The van der Waals surface area contributed by atoms with E-state index in [9.17, 15) is 5.11 Å². The summed E-state index contributed by atoms with van der Waals surface area (Å²) in [5.41, 5.74) is 0.771. The summed E-state index contributed by atoms with van der Waals surface area (Å²) in [6.07, 6.45) is 6.29. The molecule has 1 atom stereocenters. The molecule has 108 valence electrons. The van der Waals surface area contributed by atoms with E-state index in [2.05, 4.69) is 17.2 Å². The molecule has 1 aromatic carbocycles. The van der Waals surface area contributed by atoms with Gasteiger partial charge in [0.25, 0.3) is 0 Å². The van der Waals surface area contributed by atoms with Crippen molar-refractivity contribution in [2.45, 2.75) is 25.9 Å². The van der Waals surface area contributed by atoms with Crippen molar-refractivity contribution in [1.82, 2.24) is 14.9 Å². The summed E-state index contributed by atoms with van der Waals surface area (Å²) in [5, 5.41) is 14.1. The van der Waals surface area contributed by atoms with E-state index in [1.165, 1.54) is 0 Å². The lowest BCUT2D eigenvalue weighted by atomic mass is 10.0. The van der Waals surface area contributed by atoms with Crippen LogP contribution in [0.4, 0.5) is 0 Å². The van der Waals surface area contributed by atoms with E-state index in [4.69, 9.17) is 23.2 Å². The number of hydrogen-bond donors (Lipinski definition) is 2. The molecule has 0 amide bonds. The van der Waals surface area contributed by atoms with Crippen molar-refractivity contribution in [3.05, 3.63) is 46.5 Å². The number of aromatic nitrogens is 2. The average molecular weight is 314 g/mol. The summed E-state index contributed by atoms with van der Waals surface area (Å²) in [4.78, 5) is 4.00. The molecular weight excluding hydrogens is 297 g/mol. The Balaban J connectivity index is 2.03. The van der Waals surface area contributed by atoms with Gasteiger partial charge in [0, 0.05) is 37.1 Å². The quantitative estimate of drug-likeness (QED) is 0.856. The van der Waals surface area contributed by atoms with Crippen LogP contribution in [0.25, 0.3) is 0 Å². The Bertz CT molecular complexity index is 558. The number of imidazole rings is 1. The van der Waals surface area contributed by atoms with Gasteiger partial charge in [-0.2, -0.15) is 0 Å². The molecule has 2 aromatic rings. The predicted molar refractivity (Wildman–Crippen MR) is 81.4 cm³/mol. The van der Waals surface area contributed by atoms with Crippen molar-refractivity contribution in [3.8, 4) is 5.75 Å². The van der Waals surface area contributed by atoms with E-state index in [0.717, 1.165) is 25.1 Å². The maximum Gasteiger partial charge on any atom is 0.140 e. The molecule has 0 fully saturated rings. The highest BCUT2D eigenvalue weighted by molar-refractivity contribution is 6.43. The molecule has 0 radical (unpaired) electrons. The third kappa shape index (κ3) is 3.45. The lowest BCUT2D eigenvalue weighted by molar-refractivity contribution is 0.436. The Morgan fingerprint density at radius 3 is 2.85 bits per heavy atom. The summed E-state index contributed by atoms with van der Waals surface area (Å²) < 4.78 is 1.99. The fraction of sp³-hybridized carbons (Fsp3) is 0.357. The molecule has 2 N–H and O–H groups in total. The molecule has 0 spiro atoms. The average Bonchev–Trinajstić information content (AvgIpc) is 2.95. The van der Waals surface area contributed by atoms with Crippen LogP contribution in [0.3, 0.4) is 0 Å². The second kappa shape index (κ2) is 6.97. The van der Waals surface area contributed by atoms with E-state index in [0.29, 0.717) is 5.02 Å². The number of nitrogens with zero attached hydrogens (tertiary/aromatic N) is 2.